The molecule has 17 heavy (non-hydrogen) atoms. The molecule has 0 amide bonds. The highest BCUT2D eigenvalue weighted by atomic mass is 32.2. The van der Waals surface area contributed by atoms with Gasteiger partial charge in [-0.1, -0.05) is 20.8 Å². The molecular weight excluding hydrogens is 252 g/mol. The molecule has 0 aliphatic carbocycles. The van der Waals surface area contributed by atoms with Crippen LogP contribution in [-0.4, -0.2) is 27.7 Å². The van der Waals surface area contributed by atoms with Gasteiger partial charge in [0, 0.05) is 45.8 Å². The van der Waals surface area contributed by atoms with Crippen molar-refractivity contribution < 1.29 is 4.21 Å². The molecule has 0 fully saturated rings. The molecule has 1 atom stereocenters. The molecule has 0 aliphatic heterocycles. The van der Waals surface area contributed by atoms with Crippen molar-refractivity contribution in [3.8, 4) is 0 Å². The van der Waals surface area contributed by atoms with Crippen LogP contribution in [0.4, 0.5) is 0 Å². The first-order valence-electron chi connectivity index (χ1n) is 5.85. The summed E-state index contributed by atoms with van der Waals surface area (Å²) in [7, 11) is -0.671. The summed E-state index contributed by atoms with van der Waals surface area (Å²) < 4.78 is 10.9. The molecule has 0 saturated heterocycles. The number of hydrogen-bond acceptors (Lipinski definition) is 4. The maximum atomic E-state index is 10.9. The summed E-state index contributed by atoms with van der Waals surface area (Å²) in [5, 5.41) is 4.54. The molecule has 3 nitrogen and oxygen atoms in total. The zero-order chi connectivity index (χ0) is 12.9. The van der Waals surface area contributed by atoms with Crippen LogP contribution in [-0.2, 0) is 22.8 Å². The summed E-state index contributed by atoms with van der Waals surface area (Å²) in [5.41, 5.74) is 0.141. The number of hydrogen-bond donors (Lipinski definition) is 1. The Morgan fingerprint density at radius 2 is 2.18 bits per heavy atom. The van der Waals surface area contributed by atoms with E-state index in [4.69, 9.17) is 0 Å². The smallest absolute Gasteiger partial charge is 0.0981 e. The Bertz CT molecular complexity index is 369. The fraction of sp³-hybridized carbons (Fsp3) is 0.750. The molecule has 1 aromatic rings. The Morgan fingerprint density at radius 3 is 2.71 bits per heavy atom. The van der Waals surface area contributed by atoms with E-state index in [0.29, 0.717) is 0 Å². The predicted molar refractivity (Wildman–Crippen MR) is 76.1 cm³/mol. The van der Waals surface area contributed by atoms with Gasteiger partial charge in [0.2, 0.25) is 0 Å². The van der Waals surface area contributed by atoms with E-state index in [1.807, 2.05) is 6.20 Å². The maximum absolute atomic E-state index is 10.9. The first kappa shape index (κ1) is 14.8. The second kappa shape index (κ2) is 6.61. The maximum Gasteiger partial charge on any atom is 0.0981 e. The summed E-state index contributed by atoms with van der Waals surface area (Å²) in [4.78, 5) is 5.72. The monoisotopic (exact) mass is 274 g/mol. The van der Waals surface area contributed by atoms with Crippen LogP contribution < -0.4 is 5.32 Å². The lowest BCUT2D eigenvalue weighted by atomic mass is 9.98. The molecule has 0 bridgehead atoms. The van der Waals surface area contributed by atoms with E-state index < -0.39 is 10.8 Å². The van der Waals surface area contributed by atoms with Crippen molar-refractivity contribution in [2.45, 2.75) is 39.2 Å². The van der Waals surface area contributed by atoms with Crippen molar-refractivity contribution in [1.82, 2.24) is 10.3 Å². The van der Waals surface area contributed by atoms with Gasteiger partial charge >= 0.3 is 0 Å². The molecule has 1 aromatic heterocycles. The fourth-order valence-electron chi connectivity index (χ4n) is 1.35. The van der Waals surface area contributed by atoms with Crippen LogP contribution in [0.5, 0.6) is 0 Å². The SMILES string of the molecule is CS(=O)CCCNCc1cnc(C(C)(C)C)s1. The third kappa shape index (κ3) is 5.75. The van der Waals surface area contributed by atoms with E-state index in [2.05, 4.69) is 31.1 Å². The Labute approximate surface area is 111 Å². The van der Waals surface area contributed by atoms with Gasteiger partial charge in [-0.05, 0) is 13.0 Å². The van der Waals surface area contributed by atoms with Crippen LogP contribution >= 0.6 is 11.3 Å². The van der Waals surface area contributed by atoms with Gasteiger partial charge in [0.1, 0.15) is 0 Å². The molecule has 1 rings (SSSR count). The highest BCUT2D eigenvalue weighted by Gasteiger charge is 2.17. The topological polar surface area (TPSA) is 42.0 Å². The third-order valence-electron chi connectivity index (χ3n) is 2.28. The number of nitrogens with one attached hydrogen (secondary N) is 1. The molecule has 1 unspecified atom stereocenters. The molecular formula is C12H22N2OS2. The lowest BCUT2D eigenvalue weighted by Gasteiger charge is -2.13. The standard InChI is InChI=1S/C12H22N2OS2/c1-12(2,3)11-14-9-10(16-11)8-13-6-5-7-17(4)15/h9,13H,5-8H2,1-4H3. The van der Waals surface area contributed by atoms with Crippen molar-refractivity contribution in [2.75, 3.05) is 18.6 Å². The first-order chi connectivity index (χ1) is 7.89. The highest BCUT2D eigenvalue weighted by Crippen LogP contribution is 2.26. The fourth-order valence-corrected chi connectivity index (χ4v) is 2.84. The average Bonchev–Trinajstić information content (AvgIpc) is 2.64. The summed E-state index contributed by atoms with van der Waals surface area (Å²) >= 11 is 1.77. The van der Waals surface area contributed by atoms with Crippen molar-refractivity contribution in [3.05, 3.63) is 16.1 Å². The second-order valence-corrected chi connectivity index (χ2v) is 7.86. The third-order valence-corrected chi connectivity index (χ3v) is 4.57. The molecule has 1 heterocycles. The molecule has 0 saturated carbocycles. The predicted octanol–water partition coefficient (Wildman–Crippen LogP) is 2.30. The van der Waals surface area contributed by atoms with E-state index in [0.717, 1.165) is 25.3 Å². The van der Waals surface area contributed by atoms with Gasteiger partial charge in [0.15, 0.2) is 0 Å². The summed E-state index contributed by atoms with van der Waals surface area (Å²) in [6, 6.07) is 0. The molecule has 1 N–H and O–H groups in total. The van der Waals surface area contributed by atoms with Crippen LogP contribution in [0.25, 0.3) is 0 Å². The lowest BCUT2D eigenvalue weighted by Crippen LogP contribution is -2.15. The second-order valence-electron chi connectivity index (χ2n) is 5.19. The quantitative estimate of drug-likeness (QED) is 0.809. The van der Waals surface area contributed by atoms with Gasteiger partial charge in [-0.3, -0.25) is 4.21 Å². The van der Waals surface area contributed by atoms with Crippen LogP contribution in [0, 0.1) is 0 Å². The van der Waals surface area contributed by atoms with Crippen LogP contribution in [0.15, 0.2) is 6.20 Å². The Balaban J connectivity index is 2.28. The molecule has 0 radical (unpaired) electrons. The normalized spacial score (nSPS) is 13.9. The van der Waals surface area contributed by atoms with Gasteiger partial charge in [-0.25, -0.2) is 4.98 Å². The zero-order valence-electron chi connectivity index (χ0n) is 11.1. The number of rotatable bonds is 6. The lowest BCUT2D eigenvalue weighted by molar-refractivity contribution is 0.585. The van der Waals surface area contributed by atoms with Crippen LogP contribution in [0.2, 0.25) is 0 Å². The Morgan fingerprint density at radius 1 is 1.47 bits per heavy atom. The van der Waals surface area contributed by atoms with Crippen LogP contribution in [0.3, 0.4) is 0 Å². The van der Waals surface area contributed by atoms with Crippen molar-refractivity contribution in [1.29, 1.82) is 0 Å². The van der Waals surface area contributed by atoms with E-state index >= 15 is 0 Å². The minimum Gasteiger partial charge on any atom is -0.312 e. The zero-order valence-corrected chi connectivity index (χ0v) is 12.7. The molecule has 5 heteroatoms. The largest absolute Gasteiger partial charge is 0.312 e. The number of aromatic nitrogens is 1. The molecule has 0 spiro atoms. The highest BCUT2D eigenvalue weighted by molar-refractivity contribution is 7.84. The first-order valence-corrected chi connectivity index (χ1v) is 8.40. The molecule has 0 aromatic carbocycles. The van der Waals surface area contributed by atoms with Gasteiger partial charge in [0.05, 0.1) is 5.01 Å². The summed E-state index contributed by atoms with van der Waals surface area (Å²) in [6.07, 6.45) is 4.67. The summed E-state index contributed by atoms with van der Waals surface area (Å²) in [5.74, 6) is 0.781. The van der Waals surface area contributed by atoms with E-state index in [9.17, 15) is 4.21 Å². The van der Waals surface area contributed by atoms with Gasteiger partial charge < -0.3 is 5.32 Å². The van der Waals surface area contributed by atoms with Crippen molar-refractivity contribution in [2.24, 2.45) is 0 Å². The van der Waals surface area contributed by atoms with Crippen molar-refractivity contribution in [3.63, 3.8) is 0 Å². The molecule has 98 valence electrons. The average molecular weight is 274 g/mol. The number of nitrogens with zero attached hydrogens (tertiary/aromatic N) is 1. The van der Waals surface area contributed by atoms with Gasteiger partial charge in [-0.2, -0.15) is 0 Å². The minimum absolute atomic E-state index is 0.141. The summed E-state index contributed by atoms with van der Waals surface area (Å²) in [6.45, 7) is 8.32. The van der Waals surface area contributed by atoms with E-state index in [-0.39, 0.29) is 5.41 Å². The number of thiazole rings is 1. The van der Waals surface area contributed by atoms with E-state index in [1.54, 1.807) is 17.6 Å². The Kier molecular flexibility index (Phi) is 5.76. The van der Waals surface area contributed by atoms with Crippen LogP contribution in [0.1, 0.15) is 37.1 Å². The van der Waals surface area contributed by atoms with Gasteiger partial charge in [-0.15, -0.1) is 11.3 Å². The molecule has 0 aliphatic rings. The van der Waals surface area contributed by atoms with Gasteiger partial charge in [0.25, 0.3) is 0 Å². The minimum atomic E-state index is -0.671. The Hall–Kier alpha value is -0.260. The van der Waals surface area contributed by atoms with Crippen molar-refractivity contribution >= 4 is 22.1 Å². The van der Waals surface area contributed by atoms with E-state index in [1.165, 1.54) is 9.88 Å².